The minimum Gasteiger partial charge on any atom is -0.455 e. The molecule has 0 spiro atoms. The Morgan fingerprint density at radius 2 is 1.63 bits per heavy atom. The summed E-state index contributed by atoms with van der Waals surface area (Å²) in [6, 6.07) is 22.3. The number of aliphatic imine (C=N–C) groups is 1. The van der Waals surface area contributed by atoms with Crippen LogP contribution >= 0.6 is 0 Å². The van der Waals surface area contributed by atoms with E-state index in [0.29, 0.717) is 5.92 Å². The van der Waals surface area contributed by atoms with Crippen molar-refractivity contribution in [1.82, 2.24) is 0 Å². The molecule has 2 heterocycles. The first kappa shape index (κ1) is 22.1. The smallest absolute Gasteiger partial charge is 0.144 e. The Labute approximate surface area is 207 Å². The van der Waals surface area contributed by atoms with Gasteiger partial charge in [0.2, 0.25) is 0 Å². The maximum Gasteiger partial charge on any atom is 0.144 e. The molecule has 6 rings (SSSR count). The van der Waals surface area contributed by atoms with Crippen LogP contribution in [-0.4, -0.2) is 5.71 Å². The van der Waals surface area contributed by atoms with E-state index >= 15 is 0 Å². The van der Waals surface area contributed by atoms with Gasteiger partial charge in [-0.3, -0.25) is 0 Å². The van der Waals surface area contributed by atoms with E-state index in [-0.39, 0.29) is 5.41 Å². The maximum absolute atomic E-state index is 6.45. The van der Waals surface area contributed by atoms with Crippen LogP contribution in [0.25, 0.3) is 32.7 Å². The Balaban J connectivity index is 1.63. The van der Waals surface area contributed by atoms with Gasteiger partial charge in [0.05, 0.1) is 11.4 Å². The first-order valence-corrected chi connectivity index (χ1v) is 12.8. The van der Waals surface area contributed by atoms with Crippen molar-refractivity contribution in [1.29, 1.82) is 0 Å². The van der Waals surface area contributed by atoms with Crippen molar-refractivity contribution in [2.75, 3.05) is 0 Å². The average molecular weight is 460 g/mol. The highest BCUT2D eigenvalue weighted by Gasteiger charge is 2.26. The van der Waals surface area contributed by atoms with Crippen molar-refractivity contribution in [2.24, 2.45) is 16.3 Å². The second-order valence-corrected chi connectivity index (χ2v) is 11.9. The molecular weight excluding hydrogens is 426 g/mol. The van der Waals surface area contributed by atoms with Crippen LogP contribution in [0.2, 0.25) is 0 Å². The summed E-state index contributed by atoms with van der Waals surface area (Å²) in [7, 11) is 0. The molecular formula is C33H33NO. The standard InChI is InChI=1S/C33H33NO/c1-19(2)11-21-14-23-15-22(18-33(4,5)6)17-28-30(23)26(16-21)31(34-28)27-13-20(3)12-25-24-9-7-8-10-29(24)35-32(25)27/h7-10,12-17,19H,11,18H2,1-6H3. The number of benzene rings is 4. The van der Waals surface area contributed by atoms with Gasteiger partial charge >= 0.3 is 0 Å². The summed E-state index contributed by atoms with van der Waals surface area (Å²) in [4.78, 5) is 5.30. The van der Waals surface area contributed by atoms with E-state index in [1.165, 1.54) is 33.0 Å². The monoisotopic (exact) mass is 459 g/mol. The van der Waals surface area contributed by atoms with Crippen molar-refractivity contribution in [3.05, 3.63) is 88.5 Å². The maximum atomic E-state index is 6.45. The summed E-state index contributed by atoms with van der Waals surface area (Å²) in [5.41, 5.74) is 10.5. The number of hydrogen-bond donors (Lipinski definition) is 0. The van der Waals surface area contributed by atoms with Gasteiger partial charge in [-0.2, -0.15) is 0 Å². The van der Waals surface area contributed by atoms with E-state index in [9.17, 15) is 0 Å². The Bertz CT molecular complexity index is 1660. The molecule has 4 aromatic carbocycles. The number of fused-ring (bicyclic) bond motifs is 3. The van der Waals surface area contributed by atoms with E-state index < -0.39 is 0 Å². The summed E-state index contributed by atoms with van der Waals surface area (Å²) < 4.78 is 6.45. The molecule has 0 amide bonds. The molecule has 0 N–H and O–H groups in total. The Hall–Kier alpha value is -3.39. The summed E-state index contributed by atoms with van der Waals surface area (Å²) in [6.45, 7) is 13.7. The number of nitrogens with zero attached hydrogens (tertiary/aromatic N) is 1. The van der Waals surface area contributed by atoms with E-state index in [0.717, 1.165) is 51.7 Å². The molecule has 0 saturated heterocycles. The van der Waals surface area contributed by atoms with E-state index in [1.807, 2.05) is 6.07 Å². The van der Waals surface area contributed by atoms with Gasteiger partial charge in [0, 0.05) is 27.3 Å². The molecule has 1 aliphatic heterocycles. The molecule has 35 heavy (non-hydrogen) atoms. The Morgan fingerprint density at radius 1 is 0.857 bits per heavy atom. The van der Waals surface area contributed by atoms with E-state index in [4.69, 9.17) is 9.41 Å². The van der Waals surface area contributed by atoms with Crippen LogP contribution in [-0.2, 0) is 12.8 Å². The zero-order valence-corrected chi connectivity index (χ0v) is 21.6. The van der Waals surface area contributed by atoms with Gasteiger partial charge in [-0.15, -0.1) is 0 Å². The lowest BCUT2D eigenvalue weighted by Gasteiger charge is -2.19. The van der Waals surface area contributed by atoms with Crippen molar-refractivity contribution in [2.45, 2.75) is 54.4 Å². The summed E-state index contributed by atoms with van der Waals surface area (Å²) in [6.07, 6.45) is 2.09. The molecule has 0 bridgehead atoms. The van der Waals surface area contributed by atoms with Gasteiger partial charge in [0.1, 0.15) is 11.2 Å². The van der Waals surface area contributed by atoms with Gasteiger partial charge in [0.25, 0.3) is 0 Å². The van der Waals surface area contributed by atoms with Crippen LogP contribution in [0, 0.1) is 18.3 Å². The zero-order chi connectivity index (χ0) is 24.5. The van der Waals surface area contributed by atoms with Crippen LogP contribution in [0.1, 0.15) is 62.4 Å². The molecule has 1 aliphatic rings. The second-order valence-electron chi connectivity index (χ2n) is 11.9. The first-order chi connectivity index (χ1) is 16.7. The van der Waals surface area contributed by atoms with Crippen LogP contribution in [0.5, 0.6) is 0 Å². The van der Waals surface area contributed by atoms with E-state index in [1.54, 1.807) is 0 Å². The third-order valence-electron chi connectivity index (χ3n) is 6.89. The topological polar surface area (TPSA) is 25.5 Å². The van der Waals surface area contributed by atoms with Crippen LogP contribution in [0.15, 0.2) is 70.1 Å². The predicted molar refractivity (Wildman–Crippen MR) is 149 cm³/mol. The molecule has 176 valence electrons. The molecule has 0 radical (unpaired) electrons. The van der Waals surface area contributed by atoms with Crippen LogP contribution in [0.4, 0.5) is 5.69 Å². The van der Waals surface area contributed by atoms with Gasteiger partial charge in [-0.05, 0) is 83.5 Å². The van der Waals surface area contributed by atoms with Crippen molar-refractivity contribution in [3.8, 4) is 0 Å². The summed E-state index contributed by atoms with van der Waals surface area (Å²) >= 11 is 0. The highest BCUT2D eigenvalue weighted by atomic mass is 16.3. The average Bonchev–Trinajstić information content (AvgIpc) is 3.31. The fraction of sp³-hybridized carbons (Fsp3) is 0.303. The summed E-state index contributed by atoms with van der Waals surface area (Å²) in [5.74, 6) is 0.597. The fourth-order valence-corrected chi connectivity index (χ4v) is 5.73. The van der Waals surface area contributed by atoms with Crippen molar-refractivity contribution < 1.29 is 4.42 Å². The first-order valence-electron chi connectivity index (χ1n) is 12.8. The summed E-state index contributed by atoms with van der Waals surface area (Å²) in [5, 5.41) is 4.91. The van der Waals surface area contributed by atoms with Gasteiger partial charge in [-0.25, -0.2) is 4.99 Å². The third-order valence-corrected chi connectivity index (χ3v) is 6.89. The van der Waals surface area contributed by atoms with Gasteiger partial charge in [-0.1, -0.05) is 65.0 Å². The highest BCUT2D eigenvalue weighted by Crippen LogP contribution is 2.42. The lowest BCUT2D eigenvalue weighted by molar-refractivity contribution is 0.411. The lowest BCUT2D eigenvalue weighted by atomic mass is 9.86. The van der Waals surface area contributed by atoms with Crippen LogP contribution in [0.3, 0.4) is 0 Å². The minimum atomic E-state index is 0.223. The SMILES string of the molecule is Cc1cc(C2=Nc3cc(CC(C)(C)C)cc4cc(CC(C)C)cc2c34)c2oc3ccccc3c2c1. The normalized spacial score (nSPS) is 13.5. The Morgan fingerprint density at radius 3 is 2.40 bits per heavy atom. The molecule has 0 unspecified atom stereocenters. The molecule has 2 nitrogen and oxygen atoms in total. The van der Waals surface area contributed by atoms with E-state index in [2.05, 4.69) is 96.1 Å². The molecule has 0 saturated carbocycles. The molecule has 0 aliphatic carbocycles. The molecule has 1 aromatic heterocycles. The number of rotatable bonds is 4. The minimum absolute atomic E-state index is 0.223. The van der Waals surface area contributed by atoms with Crippen LogP contribution < -0.4 is 0 Å². The quantitative estimate of drug-likeness (QED) is 0.258. The Kier molecular flexibility index (Phi) is 4.93. The molecule has 0 fully saturated rings. The predicted octanol–water partition coefficient (Wildman–Crippen LogP) is 9.32. The number of para-hydroxylation sites is 1. The fourth-order valence-electron chi connectivity index (χ4n) is 5.73. The van der Waals surface area contributed by atoms with Crippen molar-refractivity contribution >= 4 is 44.1 Å². The van der Waals surface area contributed by atoms with Crippen molar-refractivity contribution in [3.63, 3.8) is 0 Å². The highest BCUT2D eigenvalue weighted by molar-refractivity contribution is 6.30. The number of aryl methyl sites for hydroxylation is 1. The molecule has 2 heteroatoms. The lowest BCUT2D eigenvalue weighted by Crippen LogP contribution is -2.09. The van der Waals surface area contributed by atoms with Gasteiger partial charge < -0.3 is 4.42 Å². The number of hydrogen-bond acceptors (Lipinski definition) is 2. The largest absolute Gasteiger partial charge is 0.455 e. The third kappa shape index (κ3) is 3.86. The zero-order valence-electron chi connectivity index (χ0n) is 21.6. The molecule has 0 atom stereocenters. The number of furan rings is 1. The molecule has 5 aromatic rings. The van der Waals surface area contributed by atoms with Gasteiger partial charge in [0.15, 0.2) is 0 Å². The second kappa shape index (κ2) is 7.81.